The van der Waals surface area contributed by atoms with Gasteiger partial charge in [0.25, 0.3) is 22.9 Å². The van der Waals surface area contributed by atoms with Crippen LogP contribution in [-0.4, -0.2) is 113 Å². The summed E-state index contributed by atoms with van der Waals surface area (Å²) in [5, 5.41) is 38.5. The smallest absolute Gasteiger partial charge is 0.287 e. The summed E-state index contributed by atoms with van der Waals surface area (Å²) in [5.74, 6) is -4.57. The number of nitrogens with one attached hydrogen (secondary N) is 10. The average Bonchev–Trinajstić information content (AvgIpc) is 3.67. The molecule has 1 saturated carbocycles. The number of nitrogens with zero attached hydrogens (tertiary/aromatic N) is 1. The second-order valence-corrected chi connectivity index (χ2v) is 18.5. The first-order valence-corrected chi connectivity index (χ1v) is 24.3. The van der Waals surface area contributed by atoms with Gasteiger partial charge in [-0.3, -0.25) is 43.7 Å². The third-order valence-corrected chi connectivity index (χ3v) is 13.0. The molecule has 21 nitrogen and oxygen atoms in total. The molecule has 1 aromatic carbocycles. The number of imidazole rings is 1. The minimum atomic E-state index is -1.76. The van der Waals surface area contributed by atoms with E-state index >= 15 is 0 Å². The number of anilines is 1. The van der Waals surface area contributed by atoms with Crippen LogP contribution in [0.3, 0.4) is 0 Å². The Bertz CT molecular complexity index is 2740. The molecule has 21 heteroatoms. The van der Waals surface area contributed by atoms with E-state index in [4.69, 9.17) is 0 Å². The van der Waals surface area contributed by atoms with Crippen molar-refractivity contribution in [2.75, 3.05) is 11.9 Å². The van der Waals surface area contributed by atoms with Gasteiger partial charge >= 0.3 is 0 Å². The van der Waals surface area contributed by atoms with Crippen LogP contribution in [0, 0.1) is 17.8 Å². The molecule has 0 radical (unpaired) electrons. The Morgan fingerprint density at radius 2 is 1.18 bits per heavy atom. The van der Waals surface area contributed by atoms with E-state index in [1.54, 1.807) is 60.8 Å². The number of H-pyrrole nitrogens is 4. The van der Waals surface area contributed by atoms with E-state index in [0.29, 0.717) is 30.6 Å². The lowest BCUT2D eigenvalue weighted by Gasteiger charge is -2.26. The molecule has 6 rings (SSSR count). The van der Waals surface area contributed by atoms with Gasteiger partial charge in [0.1, 0.15) is 17.8 Å². The highest BCUT2D eigenvalue weighted by molar-refractivity contribution is 5.99. The Balaban J connectivity index is 1.09. The van der Waals surface area contributed by atoms with Crippen molar-refractivity contribution in [1.82, 2.24) is 51.5 Å². The maximum Gasteiger partial charge on any atom is 0.287 e. The largest absolute Gasteiger partial charge is 0.371 e. The fourth-order valence-corrected chi connectivity index (χ4v) is 8.20. The van der Waals surface area contributed by atoms with Gasteiger partial charge in [0.05, 0.1) is 12.1 Å². The Labute approximate surface area is 415 Å². The van der Waals surface area contributed by atoms with Crippen molar-refractivity contribution in [2.45, 2.75) is 115 Å². The quantitative estimate of drug-likeness (QED) is 0.0319. The first-order chi connectivity index (χ1) is 34.5. The van der Waals surface area contributed by atoms with Crippen LogP contribution >= 0.6 is 0 Å². The molecule has 10 atom stereocenters. The molecule has 0 saturated heterocycles. The Hall–Kier alpha value is -7.49. The molecule has 1 fully saturated rings. The maximum absolute atomic E-state index is 14.0. The number of aromatic amines is 4. The molecule has 0 aliphatic heterocycles. The molecule has 4 amide bonds. The van der Waals surface area contributed by atoms with E-state index in [1.165, 1.54) is 30.7 Å². The van der Waals surface area contributed by atoms with Crippen molar-refractivity contribution in [3.05, 3.63) is 141 Å². The van der Waals surface area contributed by atoms with Crippen LogP contribution < -0.4 is 43.0 Å². The van der Waals surface area contributed by atoms with Crippen molar-refractivity contribution in [3.63, 3.8) is 0 Å². The summed E-state index contributed by atoms with van der Waals surface area (Å²) in [6.45, 7) is 7.86. The lowest BCUT2D eigenvalue weighted by molar-refractivity contribution is -0.134. The maximum atomic E-state index is 14.0. The molecular formula is C51H65N11O10. The number of carbonyl (C=O) groups excluding carboxylic acids is 6. The zero-order chi connectivity index (χ0) is 51.9. The van der Waals surface area contributed by atoms with Crippen molar-refractivity contribution >= 4 is 40.9 Å². The standard InChI is InChI=1S/C51H65N11O10/c1-5-28(3)21-38(61-46(67)35-17-12-18-52-35)47(68)59-36(24-30-13-10-19-53-44(30)65)41(63)49(70)56-26-32-23-34(32)40-27-55-43(58-40)51(72)62-39(22-29(4)6-2)48(69)60-37(25-31-14-11-20-54-45(31)66)42(64)50(71)57-33-15-8-7-9-16-33/h7-20,27-29,32,34,36-39,49-50,52,56-57,70-71H,5-6,21-26H2,1-4H3,(H,53,65)(H,54,66)(H,55,58)(H,59,68)(H,60,69)(H,61,67)(H,62,72). The van der Waals surface area contributed by atoms with Crippen molar-refractivity contribution in [2.24, 2.45) is 17.8 Å². The highest BCUT2D eigenvalue weighted by Crippen LogP contribution is 2.46. The van der Waals surface area contributed by atoms with Crippen LogP contribution in [0.15, 0.2) is 101 Å². The summed E-state index contributed by atoms with van der Waals surface area (Å²) in [4.78, 5) is 123. The number of amides is 4. The van der Waals surface area contributed by atoms with Crippen LogP contribution in [0.2, 0.25) is 0 Å². The summed E-state index contributed by atoms with van der Waals surface area (Å²) in [6.07, 6.45) is 4.36. The van der Waals surface area contributed by atoms with E-state index in [1.807, 2.05) is 27.7 Å². The number of Topliss-reactive ketones (excluding diaryl/α,β-unsaturated/α-hetero) is 2. The van der Waals surface area contributed by atoms with Gasteiger partial charge in [-0.05, 0) is 73.4 Å². The Kier molecular flexibility index (Phi) is 19.1. The van der Waals surface area contributed by atoms with Crippen LogP contribution in [0.5, 0.6) is 0 Å². The van der Waals surface area contributed by atoms with Gasteiger partial charge in [-0.2, -0.15) is 0 Å². The first kappa shape index (κ1) is 53.9. The number of hydrogen-bond acceptors (Lipinski definition) is 13. The van der Waals surface area contributed by atoms with E-state index in [2.05, 4.69) is 56.8 Å². The molecule has 1 aliphatic rings. The number of aliphatic hydroxyl groups excluding tert-OH is 2. The SMILES string of the molecule is CCC(C)CC(NC(=O)c1ccc[nH]1)C(=O)NC(Cc1ccc[nH]c1=O)C(=O)C(O)NCC1CC1c1cnc(C(=O)NC(CC(C)CC)C(=O)NC(Cc2ccc[nH]c2=O)C(=O)C(O)Nc2ccccc2)[nH]1. The lowest BCUT2D eigenvalue weighted by Crippen LogP contribution is -2.56. The zero-order valence-electron chi connectivity index (χ0n) is 40.7. The number of benzene rings is 1. The number of hydrogen-bond donors (Lipinski definition) is 12. The molecule has 1 aliphatic carbocycles. The van der Waals surface area contributed by atoms with Crippen molar-refractivity contribution in [3.8, 4) is 0 Å². The molecule has 4 heterocycles. The highest BCUT2D eigenvalue weighted by Gasteiger charge is 2.41. The number of aliphatic hydroxyl groups is 2. The number of para-hydroxylation sites is 1. The van der Waals surface area contributed by atoms with Gasteiger partial charge in [0, 0.05) is 72.6 Å². The molecule has 5 aromatic rings. The van der Waals surface area contributed by atoms with Crippen molar-refractivity contribution < 1.29 is 39.0 Å². The lowest BCUT2D eigenvalue weighted by atomic mass is 9.97. The van der Waals surface area contributed by atoms with Gasteiger partial charge in [-0.15, -0.1) is 0 Å². The predicted molar refractivity (Wildman–Crippen MR) is 266 cm³/mol. The van der Waals surface area contributed by atoms with Gasteiger partial charge in [0.2, 0.25) is 17.6 Å². The van der Waals surface area contributed by atoms with E-state index in [-0.39, 0.29) is 78.5 Å². The molecule has 0 spiro atoms. The second kappa shape index (κ2) is 25.6. The Morgan fingerprint density at radius 3 is 1.71 bits per heavy atom. The third-order valence-electron chi connectivity index (χ3n) is 13.0. The van der Waals surface area contributed by atoms with Gasteiger partial charge in [-0.1, -0.05) is 70.9 Å². The van der Waals surface area contributed by atoms with E-state index in [0.717, 1.165) is 0 Å². The normalized spacial score (nSPS) is 17.4. The average molecular weight is 992 g/mol. The van der Waals surface area contributed by atoms with Gasteiger partial charge in [0.15, 0.2) is 24.1 Å². The van der Waals surface area contributed by atoms with Crippen LogP contribution in [-0.2, 0) is 32.0 Å². The number of ketones is 2. The monoisotopic (exact) mass is 991 g/mol. The fourth-order valence-electron chi connectivity index (χ4n) is 8.20. The predicted octanol–water partition coefficient (Wildman–Crippen LogP) is 1.92. The van der Waals surface area contributed by atoms with Crippen LogP contribution in [0.4, 0.5) is 5.69 Å². The third kappa shape index (κ3) is 15.0. The minimum Gasteiger partial charge on any atom is -0.371 e. The Morgan fingerprint density at radius 1 is 0.653 bits per heavy atom. The molecule has 10 unspecified atom stereocenters. The number of rotatable bonds is 28. The number of pyridine rings is 2. The second-order valence-electron chi connectivity index (χ2n) is 18.5. The summed E-state index contributed by atoms with van der Waals surface area (Å²) >= 11 is 0. The molecule has 72 heavy (non-hydrogen) atoms. The zero-order valence-corrected chi connectivity index (χ0v) is 40.7. The van der Waals surface area contributed by atoms with E-state index in [9.17, 15) is 48.6 Å². The summed E-state index contributed by atoms with van der Waals surface area (Å²) in [7, 11) is 0. The molecule has 4 aromatic heterocycles. The summed E-state index contributed by atoms with van der Waals surface area (Å²) in [5.41, 5.74) is 0.723. The topological polar surface area (TPSA) is 325 Å². The first-order valence-electron chi connectivity index (χ1n) is 24.3. The molecule has 0 bridgehead atoms. The van der Waals surface area contributed by atoms with Gasteiger partial charge in [-0.25, -0.2) is 4.98 Å². The van der Waals surface area contributed by atoms with Crippen LogP contribution in [0.25, 0.3) is 0 Å². The number of carbonyl (C=O) groups is 6. The van der Waals surface area contributed by atoms with Crippen molar-refractivity contribution in [1.29, 1.82) is 0 Å². The minimum absolute atomic E-state index is 0.0230. The van der Waals surface area contributed by atoms with E-state index < -0.39 is 82.9 Å². The molecule has 384 valence electrons. The number of aromatic nitrogens is 5. The molecule has 12 N–H and O–H groups in total. The fraction of sp³-hybridized carbons (Fsp3) is 0.431. The van der Waals surface area contributed by atoms with Crippen LogP contribution in [0.1, 0.15) is 104 Å². The summed E-state index contributed by atoms with van der Waals surface area (Å²) in [6, 6.07) is 13.0. The summed E-state index contributed by atoms with van der Waals surface area (Å²) < 4.78 is 0. The molecular weight excluding hydrogens is 927 g/mol. The van der Waals surface area contributed by atoms with Gasteiger partial charge < -0.3 is 56.7 Å². The highest BCUT2D eigenvalue weighted by atomic mass is 16.3.